The van der Waals surface area contributed by atoms with Gasteiger partial charge in [-0.1, -0.05) is 35.9 Å². The Balaban J connectivity index is 1.71. The molecular formula is C16H21N3O. The zero-order valence-electron chi connectivity index (χ0n) is 11.7. The highest BCUT2D eigenvalue weighted by Gasteiger charge is 2.02. The van der Waals surface area contributed by atoms with E-state index in [0.29, 0.717) is 23.7 Å². The summed E-state index contributed by atoms with van der Waals surface area (Å²) < 4.78 is 5.61. The predicted molar refractivity (Wildman–Crippen MR) is 83.6 cm³/mol. The Morgan fingerprint density at radius 2 is 1.80 bits per heavy atom. The summed E-state index contributed by atoms with van der Waals surface area (Å²) in [5.41, 5.74) is 15.1. The average molecular weight is 271 g/mol. The highest BCUT2D eigenvalue weighted by atomic mass is 16.5. The van der Waals surface area contributed by atoms with Gasteiger partial charge in [0.25, 0.3) is 0 Å². The summed E-state index contributed by atoms with van der Waals surface area (Å²) >= 11 is 0. The second kappa shape index (κ2) is 6.82. The first-order valence-electron chi connectivity index (χ1n) is 6.70. The molecule has 0 amide bonds. The normalized spacial score (nSPS) is 10.4. The van der Waals surface area contributed by atoms with Crippen LogP contribution in [0.25, 0.3) is 0 Å². The van der Waals surface area contributed by atoms with E-state index in [1.165, 1.54) is 11.1 Å². The van der Waals surface area contributed by atoms with Crippen LogP contribution in [0.3, 0.4) is 0 Å². The van der Waals surface area contributed by atoms with Crippen molar-refractivity contribution in [1.29, 1.82) is 0 Å². The van der Waals surface area contributed by atoms with Crippen LogP contribution in [-0.2, 0) is 6.54 Å². The van der Waals surface area contributed by atoms with Gasteiger partial charge in [-0.2, -0.15) is 0 Å². The van der Waals surface area contributed by atoms with Gasteiger partial charge in [-0.05, 0) is 24.6 Å². The van der Waals surface area contributed by atoms with E-state index in [1.54, 1.807) is 6.07 Å². The first-order chi connectivity index (χ1) is 9.66. The minimum Gasteiger partial charge on any atom is -0.490 e. The van der Waals surface area contributed by atoms with E-state index < -0.39 is 0 Å². The van der Waals surface area contributed by atoms with Crippen molar-refractivity contribution < 1.29 is 4.74 Å². The van der Waals surface area contributed by atoms with Gasteiger partial charge in [0.1, 0.15) is 12.4 Å². The van der Waals surface area contributed by atoms with Gasteiger partial charge in [0.15, 0.2) is 0 Å². The van der Waals surface area contributed by atoms with Crippen LogP contribution in [0, 0.1) is 6.92 Å². The molecule has 0 aromatic heterocycles. The van der Waals surface area contributed by atoms with Crippen molar-refractivity contribution in [2.45, 2.75) is 13.5 Å². The lowest BCUT2D eigenvalue weighted by Crippen LogP contribution is -2.20. The summed E-state index contributed by atoms with van der Waals surface area (Å²) in [6, 6.07) is 13.9. The van der Waals surface area contributed by atoms with E-state index in [4.69, 9.17) is 16.2 Å². The molecule has 2 aromatic carbocycles. The molecule has 20 heavy (non-hydrogen) atoms. The number of nitrogen functional groups attached to an aromatic ring is 2. The van der Waals surface area contributed by atoms with Gasteiger partial charge < -0.3 is 21.5 Å². The molecule has 0 spiro atoms. The number of rotatable bonds is 6. The van der Waals surface area contributed by atoms with Crippen LogP contribution < -0.4 is 21.5 Å². The maximum atomic E-state index is 5.83. The molecule has 0 fully saturated rings. The third kappa shape index (κ3) is 3.90. The smallest absolute Gasteiger partial charge is 0.144 e. The number of aryl methyl sites for hydroxylation is 1. The van der Waals surface area contributed by atoms with Crippen LogP contribution in [-0.4, -0.2) is 13.2 Å². The summed E-state index contributed by atoms with van der Waals surface area (Å²) in [6.07, 6.45) is 0. The van der Waals surface area contributed by atoms with Gasteiger partial charge in [0.05, 0.1) is 11.4 Å². The number of hydrogen-bond donors (Lipinski definition) is 3. The fraction of sp³-hybridized carbons (Fsp3) is 0.250. The number of nitrogens with two attached hydrogens (primary N) is 2. The molecule has 0 atom stereocenters. The quantitative estimate of drug-likeness (QED) is 0.557. The van der Waals surface area contributed by atoms with Crippen molar-refractivity contribution in [2.75, 3.05) is 24.6 Å². The van der Waals surface area contributed by atoms with Crippen LogP contribution in [0.15, 0.2) is 42.5 Å². The Morgan fingerprint density at radius 3 is 2.55 bits per heavy atom. The molecule has 5 N–H and O–H groups in total. The number of ether oxygens (including phenoxy) is 1. The Hall–Kier alpha value is -2.20. The van der Waals surface area contributed by atoms with E-state index in [1.807, 2.05) is 12.1 Å². The molecule has 4 heteroatoms. The molecule has 4 nitrogen and oxygen atoms in total. The van der Waals surface area contributed by atoms with Gasteiger partial charge >= 0.3 is 0 Å². The summed E-state index contributed by atoms with van der Waals surface area (Å²) in [5.74, 6) is 0.641. The highest BCUT2D eigenvalue weighted by molar-refractivity contribution is 5.70. The highest BCUT2D eigenvalue weighted by Crippen LogP contribution is 2.26. The third-order valence-electron chi connectivity index (χ3n) is 3.09. The Morgan fingerprint density at radius 1 is 1.05 bits per heavy atom. The standard InChI is InChI=1S/C16H21N3O/c1-12-5-7-13(8-6-12)11-19-9-10-20-15-4-2-3-14(17)16(15)18/h2-8,19H,9-11,17-18H2,1H3. The van der Waals surface area contributed by atoms with E-state index in [9.17, 15) is 0 Å². The van der Waals surface area contributed by atoms with E-state index in [-0.39, 0.29) is 0 Å². The molecule has 0 saturated carbocycles. The monoisotopic (exact) mass is 271 g/mol. The number of hydrogen-bond acceptors (Lipinski definition) is 4. The molecule has 2 aromatic rings. The second-order valence-corrected chi connectivity index (χ2v) is 4.77. The zero-order chi connectivity index (χ0) is 14.4. The van der Waals surface area contributed by atoms with Crippen LogP contribution in [0.2, 0.25) is 0 Å². The predicted octanol–water partition coefficient (Wildman–Crippen LogP) is 2.33. The van der Waals surface area contributed by atoms with Crippen LogP contribution in [0.4, 0.5) is 11.4 Å². The zero-order valence-corrected chi connectivity index (χ0v) is 11.7. The topological polar surface area (TPSA) is 73.3 Å². The molecule has 0 radical (unpaired) electrons. The van der Waals surface area contributed by atoms with Gasteiger partial charge in [-0.15, -0.1) is 0 Å². The van der Waals surface area contributed by atoms with Gasteiger partial charge in [0, 0.05) is 13.1 Å². The average Bonchev–Trinajstić information content (AvgIpc) is 2.45. The van der Waals surface area contributed by atoms with Crippen molar-refractivity contribution >= 4 is 11.4 Å². The first-order valence-corrected chi connectivity index (χ1v) is 6.70. The lowest BCUT2D eigenvalue weighted by molar-refractivity contribution is 0.315. The van der Waals surface area contributed by atoms with Gasteiger partial charge in [0.2, 0.25) is 0 Å². The summed E-state index contributed by atoms with van der Waals surface area (Å²) in [4.78, 5) is 0. The molecule has 106 valence electrons. The van der Waals surface area contributed by atoms with Crippen molar-refractivity contribution in [3.8, 4) is 5.75 Å². The minimum absolute atomic E-state index is 0.506. The number of para-hydroxylation sites is 1. The van der Waals surface area contributed by atoms with E-state index >= 15 is 0 Å². The molecule has 0 aliphatic rings. The number of nitrogens with one attached hydrogen (secondary N) is 1. The molecular weight excluding hydrogens is 250 g/mol. The Labute approximate surface area is 119 Å². The lowest BCUT2D eigenvalue weighted by atomic mass is 10.1. The van der Waals surface area contributed by atoms with Gasteiger partial charge in [-0.25, -0.2) is 0 Å². The summed E-state index contributed by atoms with van der Waals surface area (Å²) in [5, 5.41) is 3.33. The van der Waals surface area contributed by atoms with Crippen molar-refractivity contribution in [3.63, 3.8) is 0 Å². The molecule has 0 heterocycles. The first kappa shape index (κ1) is 14.2. The van der Waals surface area contributed by atoms with E-state index in [0.717, 1.165) is 13.1 Å². The van der Waals surface area contributed by atoms with E-state index in [2.05, 4.69) is 36.5 Å². The molecule has 2 rings (SSSR count). The fourth-order valence-corrected chi connectivity index (χ4v) is 1.86. The maximum absolute atomic E-state index is 5.83. The SMILES string of the molecule is Cc1ccc(CNCCOc2cccc(N)c2N)cc1. The molecule has 0 saturated heterocycles. The number of benzene rings is 2. The molecule has 0 aliphatic carbocycles. The molecule has 0 aliphatic heterocycles. The summed E-state index contributed by atoms with van der Waals surface area (Å²) in [7, 11) is 0. The minimum atomic E-state index is 0.506. The fourth-order valence-electron chi connectivity index (χ4n) is 1.86. The van der Waals surface area contributed by atoms with Crippen LogP contribution >= 0.6 is 0 Å². The maximum Gasteiger partial charge on any atom is 0.144 e. The Bertz CT molecular complexity index is 552. The Kier molecular flexibility index (Phi) is 4.85. The molecule has 0 bridgehead atoms. The summed E-state index contributed by atoms with van der Waals surface area (Å²) in [6.45, 7) is 4.22. The second-order valence-electron chi connectivity index (χ2n) is 4.77. The van der Waals surface area contributed by atoms with Crippen molar-refractivity contribution in [3.05, 3.63) is 53.6 Å². The largest absolute Gasteiger partial charge is 0.490 e. The molecule has 0 unspecified atom stereocenters. The lowest BCUT2D eigenvalue weighted by Gasteiger charge is -2.11. The van der Waals surface area contributed by atoms with Crippen molar-refractivity contribution in [1.82, 2.24) is 5.32 Å². The van der Waals surface area contributed by atoms with Crippen LogP contribution in [0.1, 0.15) is 11.1 Å². The number of anilines is 2. The van der Waals surface area contributed by atoms with Crippen LogP contribution in [0.5, 0.6) is 5.75 Å². The third-order valence-corrected chi connectivity index (χ3v) is 3.09. The van der Waals surface area contributed by atoms with Gasteiger partial charge in [-0.3, -0.25) is 0 Å². The van der Waals surface area contributed by atoms with Crippen molar-refractivity contribution in [2.24, 2.45) is 0 Å².